The molecule has 0 radical (unpaired) electrons. The molecule has 3 N–H and O–H groups in total. The van der Waals surface area contributed by atoms with Gasteiger partial charge in [0.25, 0.3) is 5.91 Å². The van der Waals surface area contributed by atoms with Gasteiger partial charge in [0.05, 0.1) is 25.4 Å². The molecule has 5 rings (SSSR count). The van der Waals surface area contributed by atoms with Crippen LogP contribution in [0.25, 0.3) is 0 Å². The van der Waals surface area contributed by atoms with E-state index in [1.54, 1.807) is 24.3 Å². The van der Waals surface area contributed by atoms with Gasteiger partial charge in [-0.25, -0.2) is 22.0 Å². The number of hydrogen-bond acceptors (Lipinski definition) is 6. The highest BCUT2D eigenvalue weighted by molar-refractivity contribution is 5.94. The van der Waals surface area contributed by atoms with Crippen LogP contribution in [0.1, 0.15) is 64.3 Å². The average Bonchev–Trinajstić information content (AvgIpc) is 3.49. The van der Waals surface area contributed by atoms with Gasteiger partial charge in [0.2, 0.25) is 5.82 Å². The topological polar surface area (TPSA) is 91.3 Å². The summed E-state index contributed by atoms with van der Waals surface area (Å²) in [5, 5.41) is 21.4. The number of nitrogens with zero attached hydrogens (tertiary/aromatic N) is 1. The lowest BCUT2D eigenvalue weighted by Crippen LogP contribution is -2.42. The van der Waals surface area contributed by atoms with Crippen LogP contribution in [0.5, 0.6) is 0 Å². The fourth-order valence-electron chi connectivity index (χ4n) is 5.50. The van der Waals surface area contributed by atoms with E-state index >= 15 is 0 Å². The van der Waals surface area contributed by atoms with E-state index in [-0.39, 0.29) is 38.0 Å². The quantitative estimate of drug-likeness (QED) is 0.184. The molecule has 3 aromatic rings. The summed E-state index contributed by atoms with van der Waals surface area (Å²) in [5.41, 5.74) is 1.30. The van der Waals surface area contributed by atoms with Crippen molar-refractivity contribution in [3.8, 4) is 0 Å². The minimum Gasteiger partial charge on any atom is -0.395 e. The predicted molar refractivity (Wildman–Crippen MR) is 144 cm³/mol. The monoisotopic (exact) mass is 606 g/mol. The molecule has 2 fully saturated rings. The van der Waals surface area contributed by atoms with E-state index in [0.29, 0.717) is 24.1 Å². The number of benzene rings is 3. The number of likely N-dealkylation sites (tertiary alicyclic amines) is 1. The molecule has 43 heavy (non-hydrogen) atoms. The summed E-state index contributed by atoms with van der Waals surface area (Å²) in [6, 6.07) is 14.2. The van der Waals surface area contributed by atoms with Crippen molar-refractivity contribution in [2.24, 2.45) is 0 Å². The van der Waals surface area contributed by atoms with E-state index in [1.807, 2.05) is 24.3 Å². The molecule has 12 heteroatoms. The highest BCUT2D eigenvalue weighted by Gasteiger charge is 2.35. The molecule has 0 bridgehead atoms. The summed E-state index contributed by atoms with van der Waals surface area (Å²) in [5.74, 6) is -12.6. The molecule has 2 aliphatic heterocycles. The number of aliphatic hydroxyl groups is 2. The van der Waals surface area contributed by atoms with Gasteiger partial charge in [-0.05, 0) is 36.1 Å². The molecule has 2 saturated heterocycles. The molecule has 2 aliphatic rings. The number of ether oxygens (including phenoxy) is 2. The van der Waals surface area contributed by atoms with Gasteiger partial charge in [-0.3, -0.25) is 9.69 Å². The molecule has 0 aliphatic carbocycles. The normalized spacial score (nSPS) is 22.6. The molecule has 230 valence electrons. The van der Waals surface area contributed by atoms with Gasteiger partial charge in [-0.2, -0.15) is 0 Å². The van der Waals surface area contributed by atoms with Crippen molar-refractivity contribution in [1.82, 2.24) is 10.2 Å². The summed E-state index contributed by atoms with van der Waals surface area (Å²) in [6.45, 7) is 1.22. The number of rotatable bonds is 9. The number of halogens is 5. The number of amides is 1. The van der Waals surface area contributed by atoms with Crippen LogP contribution in [0, 0.1) is 29.1 Å². The zero-order valence-electron chi connectivity index (χ0n) is 23.0. The first-order valence-electron chi connectivity index (χ1n) is 13.9. The van der Waals surface area contributed by atoms with Gasteiger partial charge in [-0.15, -0.1) is 0 Å². The van der Waals surface area contributed by atoms with Crippen molar-refractivity contribution >= 4 is 5.91 Å². The van der Waals surface area contributed by atoms with Gasteiger partial charge in [0.15, 0.2) is 29.6 Å². The summed E-state index contributed by atoms with van der Waals surface area (Å²) in [7, 11) is 0. The first kappa shape index (κ1) is 31.0. The van der Waals surface area contributed by atoms with E-state index in [0.717, 1.165) is 30.5 Å². The zero-order chi connectivity index (χ0) is 30.7. The molecule has 0 saturated carbocycles. The Labute approximate surface area is 244 Å². The van der Waals surface area contributed by atoms with Crippen LogP contribution in [0.4, 0.5) is 22.0 Å². The van der Waals surface area contributed by atoms with E-state index in [9.17, 15) is 37.0 Å². The van der Waals surface area contributed by atoms with E-state index < -0.39 is 46.8 Å². The van der Waals surface area contributed by atoms with E-state index in [1.165, 1.54) is 0 Å². The van der Waals surface area contributed by atoms with Crippen LogP contribution >= 0.6 is 0 Å². The maximum Gasteiger partial charge on any atom is 0.257 e. The molecule has 0 aromatic heterocycles. The Morgan fingerprint density at radius 1 is 0.837 bits per heavy atom. The fourth-order valence-corrected chi connectivity index (χ4v) is 5.50. The minimum atomic E-state index is -2.34. The molecular weight excluding hydrogens is 575 g/mol. The van der Waals surface area contributed by atoms with E-state index in [4.69, 9.17) is 9.47 Å². The molecule has 3 aromatic carbocycles. The standard InChI is InChI=1S/C31H31F5N2O5/c32-25-24(26(33)28(35)29(36)27(25)34)30(41)37-13-17-3-9-20(10-4-17)31-42-22(14-38-11-1-2-21(38)16-40)12-23(43-31)19-7-5-18(15-39)6-8-19/h3-10,21-23,31,39-40H,1-2,11-16H2,(H,37,41)/t21-,22-,23+,31+/m0/s1. The minimum absolute atomic E-state index is 0.0705. The van der Waals surface area contributed by atoms with Crippen molar-refractivity contribution in [3.63, 3.8) is 0 Å². The Kier molecular flexibility index (Phi) is 9.72. The summed E-state index contributed by atoms with van der Waals surface area (Å²) >= 11 is 0. The lowest BCUT2D eigenvalue weighted by atomic mass is 9.99. The number of carbonyl (C=O) groups is 1. The van der Waals surface area contributed by atoms with Crippen molar-refractivity contribution < 1.29 is 46.4 Å². The maximum atomic E-state index is 14.0. The van der Waals surface area contributed by atoms with Gasteiger partial charge < -0.3 is 25.0 Å². The highest BCUT2D eigenvalue weighted by atomic mass is 19.2. The number of hydrogen-bond donors (Lipinski definition) is 3. The summed E-state index contributed by atoms with van der Waals surface area (Å²) < 4.78 is 81.0. The number of carbonyl (C=O) groups excluding carboxylic acids is 1. The smallest absolute Gasteiger partial charge is 0.257 e. The van der Waals surface area contributed by atoms with Crippen LogP contribution in [-0.4, -0.2) is 52.9 Å². The average molecular weight is 607 g/mol. The number of aliphatic hydroxyl groups excluding tert-OH is 2. The Bertz CT molecular complexity index is 1410. The second kappa shape index (κ2) is 13.5. The van der Waals surface area contributed by atoms with Crippen LogP contribution in [-0.2, 0) is 22.6 Å². The molecule has 4 atom stereocenters. The summed E-state index contributed by atoms with van der Waals surface area (Å²) in [6.07, 6.45) is 1.20. The van der Waals surface area contributed by atoms with Crippen LogP contribution in [0.15, 0.2) is 48.5 Å². The van der Waals surface area contributed by atoms with Crippen molar-refractivity contribution in [2.75, 3.05) is 19.7 Å². The van der Waals surface area contributed by atoms with Crippen LogP contribution in [0.3, 0.4) is 0 Å². The van der Waals surface area contributed by atoms with Gasteiger partial charge in [-0.1, -0.05) is 48.5 Å². The van der Waals surface area contributed by atoms with Gasteiger partial charge in [0.1, 0.15) is 5.56 Å². The van der Waals surface area contributed by atoms with Crippen molar-refractivity contribution in [2.45, 2.75) is 57.0 Å². The zero-order valence-corrected chi connectivity index (χ0v) is 23.0. The van der Waals surface area contributed by atoms with Gasteiger partial charge >= 0.3 is 0 Å². The lowest BCUT2D eigenvalue weighted by molar-refractivity contribution is -0.253. The largest absolute Gasteiger partial charge is 0.395 e. The lowest BCUT2D eigenvalue weighted by Gasteiger charge is -2.38. The molecule has 0 spiro atoms. The van der Waals surface area contributed by atoms with Crippen molar-refractivity contribution in [1.29, 1.82) is 0 Å². The second-order valence-electron chi connectivity index (χ2n) is 10.7. The third kappa shape index (κ3) is 6.73. The maximum absolute atomic E-state index is 14.0. The predicted octanol–water partition coefficient (Wildman–Crippen LogP) is 4.81. The SMILES string of the molecule is O=C(NCc1ccc([C@@H]2O[C@H](CN3CCC[C@H]3CO)C[C@H](c3ccc(CO)cc3)O2)cc1)c1c(F)c(F)c(F)c(F)c1F. The first-order chi connectivity index (χ1) is 20.7. The summed E-state index contributed by atoms with van der Waals surface area (Å²) in [4.78, 5) is 14.5. The third-order valence-corrected chi connectivity index (χ3v) is 7.90. The Morgan fingerprint density at radius 3 is 2.07 bits per heavy atom. The molecular formula is C31H31F5N2O5. The number of nitrogens with one attached hydrogen (secondary N) is 1. The molecule has 1 amide bonds. The van der Waals surface area contributed by atoms with Gasteiger partial charge in [0, 0.05) is 31.1 Å². The second-order valence-corrected chi connectivity index (χ2v) is 10.7. The van der Waals surface area contributed by atoms with Crippen molar-refractivity contribution in [3.05, 3.63) is 105 Å². The Morgan fingerprint density at radius 2 is 1.44 bits per heavy atom. The fraction of sp³-hybridized carbons (Fsp3) is 0.387. The molecule has 7 nitrogen and oxygen atoms in total. The Hall–Kier alpha value is -3.42. The van der Waals surface area contributed by atoms with Crippen LogP contribution in [0.2, 0.25) is 0 Å². The third-order valence-electron chi connectivity index (χ3n) is 7.90. The Balaban J connectivity index is 1.29. The van der Waals surface area contributed by atoms with Crippen LogP contribution < -0.4 is 5.32 Å². The first-order valence-corrected chi connectivity index (χ1v) is 13.9. The highest BCUT2D eigenvalue weighted by Crippen LogP contribution is 2.38. The van der Waals surface area contributed by atoms with E-state index in [2.05, 4.69) is 10.2 Å². The molecule has 2 heterocycles. The molecule has 0 unspecified atom stereocenters.